The maximum absolute atomic E-state index is 12.6. The van der Waals surface area contributed by atoms with Crippen LogP contribution in [0.4, 0.5) is 0 Å². The third-order valence-corrected chi connectivity index (χ3v) is 4.92. The Morgan fingerprint density at radius 2 is 1.87 bits per heavy atom. The van der Waals surface area contributed by atoms with Gasteiger partial charge in [0.15, 0.2) is 12.1 Å². The van der Waals surface area contributed by atoms with E-state index >= 15 is 0 Å². The highest BCUT2D eigenvalue weighted by Gasteiger charge is 2.26. The minimum Gasteiger partial charge on any atom is -0.480 e. The number of aliphatic carboxylic acids is 1. The van der Waals surface area contributed by atoms with Crippen LogP contribution in [0.1, 0.15) is 36.6 Å². The monoisotopic (exact) mass is 409 g/mol. The zero-order valence-electron chi connectivity index (χ0n) is 17.0. The molecule has 0 aliphatic heterocycles. The Hall–Kier alpha value is -3.61. The topological polar surface area (TPSA) is 106 Å². The number of rotatable bonds is 7. The Kier molecular flexibility index (Phi) is 6.20. The SMILES string of the molecule is CCc1cc(=O)oc2c(C)c(O[C@@H](C)C(=O)N[C@H](C(=O)O)c3ccccc3)ccc12. The zero-order chi connectivity index (χ0) is 21.8. The molecule has 7 nitrogen and oxygen atoms in total. The third-order valence-electron chi connectivity index (χ3n) is 4.92. The average molecular weight is 409 g/mol. The smallest absolute Gasteiger partial charge is 0.336 e. The molecule has 0 aliphatic carbocycles. The molecule has 2 atom stereocenters. The molecule has 0 unspecified atom stereocenters. The number of nitrogens with one attached hydrogen (secondary N) is 1. The van der Waals surface area contributed by atoms with Crippen molar-refractivity contribution in [2.24, 2.45) is 0 Å². The molecule has 3 rings (SSSR count). The highest BCUT2D eigenvalue weighted by atomic mass is 16.5. The van der Waals surface area contributed by atoms with Gasteiger partial charge in [0.05, 0.1) is 0 Å². The van der Waals surface area contributed by atoms with Gasteiger partial charge in [-0.25, -0.2) is 9.59 Å². The molecule has 3 aromatic rings. The van der Waals surface area contributed by atoms with Crippen molar-refractivity contribution in [3.63, 3.8) is 0 Å². The first-order valence-electron chi connectivity index (χ1n) is 9.63. The van der Waals surface area contributed by atoms with Gasteiger partial charge in [-0.05, 0) is 43.5 Å². The summed E-state index contributed by atoms with van der Waals surface area (Å²) in [4.78, 5) is 36.1. The number of ether oxygens (including phenoxy) is 1. The molecule has 0 saturated heterocycles. The van der Waals surface area contributed by atoms with Gasteiger partial charge in [-0.15, -0.1) is 0 Å². The number of aryl methyl sites for hydroxylation is 2. The summed E-state index contributed by atoms with van der Waals surface area (Å²) >= 11 is 0. The van der Waals surface area contributed by atoms with E-state index in [0.717, 1.165) is 10.9 Å². The van der Waals surface area contributed by atoms with Gasteiger partial charge in [0, 0.05) is 17.0 Å². The van der Waals surface area contributed by atoms with Crippen LogP contribution >= 0.6 is 0 Å². The van der Waals surface area contributed by atoms with Gasteiger partial charge < -0.3 is 19.6 Å². The van der Waals surface area contributed by atoms with Gasteiger partial charge in [-0.3, -0.25) is 4.79 Å². The van der Waals surface area contributed by atoms with Gasteiger partial charge in [0.2, 0.25) is 0 Å². The number of hydrogen-bond acceptors (Lipinski definition) is 5. The lowest BCUT2D eigenvalue weighted by Gasteiger charge is -2.20. The van der Waals surface area contributed by atoms with Crippen molar-refractivity contribution in [3.05, 3.63) is 75.6 Å². The first kappa shape index (κ1) is 21.1. The maximum Gasteiger partial charge on any atom is 0.336 e. The van der Waals surface area contributed by atoms with E-state index in [0.29, 0.717) is 28.9 Å². The van der Waals surface area contributed by atoms with Crippen molar-refractivity contribution in [3.8, 4) is 5.75 Å². The molecule has 1 aromatic heterocycles. The van der Waals surface area contributed by atoms with E-state index in [-0.39, 0.29) is 0 Å². The minimum absolute atomic E-state index is 0.383. The highest BCUT2D eigenvalue weighted by Crippen LogP contribution is 2.29. The van der Waals surface area contributed by atoms with E-state index in [2.05, 4.69) is 5.32 Å². The number of hydrogen-bond donors (Lipinski definition) is 2. The number of carboxylic acids is 1. The van der Waals surface area contributed by atoms with Crippen LogP contribution < -0.4 is 15.7 Å². The highest BCUT2D eigenvalue weighted by molar-refractivity contribution is 5.88. The van der Waals surface area contributed by atoms with Crippen LogP contribution in [0.5, 0.6) is 5.75 Å². The predicted molar refractivity (Wildman–Crippen MR) is 112 cm³/mol. The summed E-state index contributed by atoms with van der Waals surface area (Å²) in [5.41, 5.74) is 1.89. The Morgan fingerprint density at radius 3 is 2.50 bits per heavy atom. The molecule has 156 valence electrons. The summed E-state index contributed by atoms with van der Waals surface area (Å²) in [5.74, 6) is -1.36. The van der Waals surface area contributed by atoms with E-state index in [9.17, 15) is 19.5 Å². The average Bonchev–Trinajstić information content (AvgIpc) is 2.73. The maximum atomic E-state index is 12.6. The molecule has 1 amide bonds. The predicted octanol–water partition coefficient (Wildman–Crippen LogP) is 3.37. The fourth-order valence-electron chi connectivity index (χ4n) is 3.26. The summed E-state index contributed by atoms with van der Waals surface area (Å²) in [6, 6.07) is 12.2. The number of carbonyl (C=O) groups excluding carboxylic acids is 1. The minimum atomic E-state index is -1.19. The number of carbonyl (C=O) groups is 2. The van der Waals surface area contributed by atoms with Crippen molar-refractivity contribution in [2.75, 3.05) is 0 Å². The second-order valence-corrected chi connectivity index (χ2v) is 6.96. The Morgan fingerprint density at radius 1 is 1.17 bits per heavy atom. The van der Waals surface area contributed by atoms with Gasteiger partial charge in [-0.2, -0.15) is 0 Å². The van der Waals surface area contributed by atoms with Crippen molar-refractivity contribution in [1.82, 2.24) is 5.32 Å². The standard InChI is InChI=1S/C23H23NO6/c1-4-15-12-19(25)30-21-13(2)18(11-10-17(15)21)29-14(3)22(26)24-20(23(27)28)16-8-6-5-7-9-16/h5-12,14,20H,4H2,1-3H3,(H,24,26)(H,27,28)/t14-,20-/m0/s1. The van der Waals surface area contributed by atoms with Crippen LogP contribution in [0.3, 0.4) is 0 Å². The van der Waals surface area contributed by atoms with E-state index in [4.69, 9.17) is 9.15 Å². The van der Waals surface area contributed by atoms with Crippen LogP contribution in [-0.4, -0.2) is 23.1 Å². The molecule has 30 heavy (non-hydrogen) atoms. The Balaban J connectivity index is 1.83. The fraction of sp³-hybridized carbons (Fsp3) is 0.261. The van der Waals surface area contributed by atoms with Crippen molar-refractivity contribution < 1.29 is 23.8 Å². The molecule has 0 aliphatic rings. The van der Waals surface area contributed by atoms with E-state index in [1.807, 2.05) is 6.92 Å². The van der Waals surface area contributed by atoms with E-state index in [1.165, 1.54) is 13.0 Å². The van der Waals surface area contributed by atoms with Gasteiger partial charge >= 0.3 is 11.6 Å². The number of carboxylic acid groups (broad SMARTS) is 1. The Labute approximate surface area is 173 Å². The van der Waals surface area contributed by atoms with Crippen molar-refractivity contribution in [1.29, 1.82) is 0 Å². The van der Waals surface area contributed by atoms with Crippen LogP contribution in [-0.2, 0) is 16.0 Å². The quantitative estimate of drug-likeness (QED) is 0.580. The summed E-state index contributed by atoms with van der Waals surface area (Å²) in [5, 5.41) is 12.8. The molecule has 0 spiro atoms. The Bertz CT molecular complexity index is 1140. The van der Waals surface area contributed by atoms with Gasteiger partial charge in [0.25, 0.3) is 5.91 Å². The second kappa shape index (κ2) is 8.82. The third kappa shape index (κ3) is 4.35. The molecule has 0 fully saturated rings. The van der Waals surface area contributed by atoms with Crippen LogP contribution in [0, 0.1) is 6.92 Å². The molecule has 0 radical (unpaired) electrons. The molecule has 0 saturated carbocycles. The van der Waals surface area contributed by atoms with Crippen LogP contribution in [0.2, 0.25) is 0 Å². The van der Waals surface area contributed by atoms with Gasteiger partial charge in [0.1, 0.15) is 11.3 Å². The first-order chi connectivity index (χ1) is 14.3. The first-order valence-corrected chi connectivity index (χ1v) is 9.63. The molecule has 1 heterocycles. The normalized spacial score (nSPS) is 12.9. The zero-order valence-corrected chi connectivity index (χ0v) is 17.0. The van der Waals surface area contributed by atoms with Crippen LogP contribution in [0.15, 0.2) is 57.7 Å². The summed E-state index contributed by atoms with van der Waals surface area (Å²) in [7, 11) is 0. The lowest BCUT2D eigenvalue weighted by atomic mass is 10.0. The number of fused-ring (bicyclic) bond motifs is 1. The van der Waals surface area contributed by atoms with Crippen molar-refractivity contribution >= 4 is 22.8 Å². The summed E-state index contributed by atoms with van der Waals surface area (Å²) in [6.45, 7) is 5.22. The number of amides is 1. The lowest BCUT2D eigenvalue weighted by molar-refractivity contribution is -0.143. The molecular weight excluding hydrogens is 386 g/mol. The molecule has 2 N–H and O–H groups in total. The summed E-state index contributed by atoms with van der Waals surface area (Å²) < 4.78 is 11.1. The largest absolute Gasteiger partial charge is 0.480 e. The molecular formula is C23H23NO6. The molecule has 2 aromatic carbocycles. The van der Waals surface area contributed by atoms with E-state index < -0.39 is 29.6 Å². The second-order valence-electron chi connectivity index (χ2n) is 6.96. The summed E-state index contributed by atoms with van der Waals surface area (Å²) in [6.07, 6.45) is -0.288. The fourth-order valence-corrected chi connectivity index (χ4v) is 3.26. The number of benzene rings is 2. The van der Waals surface area contributed by atoms with Gasteiger partial charge in [-0.1, -0.05) is 37.3 Å². The van der Waals surface area contributed by atoms with Crippen molar-refractivity contribution in [2.45, 2.75) is 39.3 Å². The van der Waals surface area contributed by atoms with E-state index in [1.54, 1.807) is 49.4 Å². The lowest BCUT2D eigenvalue weighted by Crippen LogP contribution is -2.41. The van der Waals surface area contributed by atoms with Crippen LogP contribution in [0.25, 0.3) is 11.0 Å². The molecule has 7 heteroatoms. The molecule has 0 bridgehead atoms.